The number of hydrogen-bond donors (Lipinski definition) is 1. The average Bonchev–Trinajstić information content (AvgIpc) is 2.79. The van der Waals surface area contributed by atoms with Crippen LogP contribution >= 0.6 is 0 Å². The predicted molar refractivity (Wildman–Crippen MR) is 82.8 cm³/mol. The minimum absolute atomic E-state index is 0.113. The maximum atomic E-state index is 12.3. The second-order valence-electron chi connectivity index (χ2n) is 6.12. The largest absolute Gasteiger partial charge is 0.391 e. The number of β-amino-alcohol motifs (C(OH)–C–C–N with tert-alkyl or cyclic N) is 1. The zero-order chi connectivity index (χ0) is 15.5. The lowest BCUT2D eigenvalue weighted by Crippen LogP contribution is -2.38. The van der Waals surface area contributed by atoms with Gasteiger partial charge in [0.1, 0.15) is 0 Å². The topological polar surface area (TPSA) is 57.6 Å². The molecule has 3 rings (SSSR count). The number of aliphatic hydroxyl groups is 1. The Labute approximate surface area is 130 Å². The van der Waals surface area contributed by atoms with E-state index in [1.807, 2.05) is 42.5 Å². The number of aryl methyl sites for hydroxylation is 1. The first kappa shape index (κ1) is 15.0. The van der Waals surface area contributed by atoms with Crippen LogP contribution in [0.25, 0.3) is 0 Å². The summed E-state index contributed by atoms with van der Waals surface area (Å²) in [7, 11) is 0. The van der Waals surface area contributed by atoms with Crippen LogP contribution in [0.15, 0.2) is 42.5 Å². The lowest BCUT2D eigenvalue weighted by atomic mass is 9.85. The lowest BCUT2D eigenvalue weighted by Gasteiger charge is -2.19. The molecular formula is C18H21NO3. The first-order valence-electron chi connectivity index (χ1n) is 7.89. The number of carbonyl (C=O) groups is 2. The smallest absolute Gasteiger partial charge is 0.233 e. The number of fused-ring (bicyclic) bond motifs is 1. The van der Waals surface area contributed by atoms with Crippen LogP contribution in [-0.4, -0.2) is 34.5 Å². The summed E-state index contributed by atoms with van der Waals surface area (Å²) in [5.41, 5.74) is 1.15. The van der Waals surface area contributed by atoms with Gasteiger partial charge in [-0.05, 0) is 31.2 Å². The second kappa shape index (κ2) is 6.44. The van der Waals surface area contributed by atoms with Crippen LogP contribution in [0, 0.1) is 11.8 Å². The fraction of sp³-hybridized carbons (Fsp3) is 0.444. The molecule has 1 saturated heterocycles. The molecule has 0 saturated carbocycles. The molecule has 22 heavy (non-hydrogen) atoms. The molecule has 116 valence electrons. The van der Waals surface area contributed by atoms with Gasteiger partial charge in [0, 0.05) is 0 Å². The molecule has 1 fully saturated rings. The molecule has 2 aliphatic rings. The van der Waals surface area contributed by atoms with Crippen LogP contribution in [0.1, 0.15) is 24.8 Å². The van der Waals surface area contributed by atoms with Crippen LogP contribution in [0.4, 0.5) is 0 Å². The lowest BCUT2D eigenvalue weighted by molar-refractivity contribution is -0.141. The molecule has 0 radical (unpaired) electrons. The molecule has 1 N–H and O–H groups in total. The Morgan fingerprint density at radius 3 is 2.23 bits per heavy atom. The van der Waals surface area contributed by atoms with Gasteiger partial charge >= 0.3 is 0 Å². The van der Waals surface area contributed by atoms with Gasteiger partial charge in [-0.25, -0.2) is 0 Å². The number of likely N-dealkylation sites (tertiary alicyclic amines) is 1. The maximum Gasteiger partial charge on any atom is 0.233 e. The molecule has 1 heterocycles. The number of rotatable bonds is 5. The van der Waals surface area contributed by atoms with E-state index in [1.165, 1.54) is 4.90 Å². The highest BCUT2D eigenvalue weighted by atomic mass is 16.3. The molecule has 4 nitrogen and oxygen atoms in total. The molecule has 2 amide bonds. The van der Waals surface area contributed by atoms with Gasteiger partial charge in [-0.1, -0.05) is 42.5 Å². The summed E-state index contributed by atoms with van der Waals surface area (Å²) in [6.45, 7) is 0.123. The molecule has 0 spiro atoms. The normalized spacial score (nSPS) is 25.4. The average molecular weight is 299 g/mol. The molecule has 1 aliphatic heterocycles. The molecule has 4 heteroatoms. The van der Waals surface area contributed by atoms with Crippen LogP contribution in [0.2, 0.25) is 0 Å². The molecular weight excluding hydrogens is 278 g/mol. The summed E-state index contributed by atoms with van der Waals surface area (Å²) in [6.07, 6.45) is 5.86. The number of imide groups is 1. The van der Waals surface area contributed by atoms with E-state index in [0.717, 1.165) is 12.0 Å². The van der Waals surface area contributed by atoms with Gasteiger partial charge in [-0.15, -0.1) is 0 Å². The number of carbonyl (C=O) groups excluding carboxylic acids is 2. The summed E-state index contributed by atoms with van der Waals surface area (Å²) in [4.78, 5) is 25.9. The summed E-state index contributed by atoms with van der Waals surface area (Å²) in [5, 5.41) is 10.2. The predicted octanol–water partition coefficient (Wildman–Crippen LogP) is 1.93. The van der Waals surface area contributed by atoms with Crippen molar-refractivity contribution in [2.24, 2.45) is 11.8 Å². The fourth-order valence-corrected chi connectivity index (χ4v) is 3.33. The maximum absolute atomic E-state index is 12.3. The Kier molecular flexibility index (Phi) is 4.39. The number of amides is 2. The van der Waals surface area contributed by atoms with Crippen LogP contribution < -0.4 is 0 Å². The number of hydrogen-bond acceptors (Lipinski definition) is 3. The SMILES string of the molecule is O=C1[C@@H]2CC=CC[C@H]2C(=O)N1C[C@@H](O)CCc1ccccc1. The highest BCUT2D eigenvalue weighted by molar-refractivity contribution is 6.05. The van der Waals surface area contributed by atoms with Crippen molar-refractivity contribution in [1.82, 2.24) is 4.90 Å². The molecule has 1 aromatic carbocycles. The summed E-state index contributed by atoms with van der Waals surface area (Å²) >= 11 is 0. The Hall–Kier alpha value is -1.94. The number of aliphatic hydroxyl groups excluding tert-OH is 1. The van der Waals surface area contributed by atoms with E-state index >= 15 is 0 Å². The molecule has 0 aromatic heterocycles. The second-order valence-corrected chi connectivity index (χ2v) is 6.12. The zero-order valence-electron chi connectivity index (χ0n) is 12.5. The van der Waals surface area contributed by atoms with E-state index in [-0.39, 0.29) is 30.2 Å². The minimum Gasteiger partial charge on any atom is -0.391 e. The molecule has 1 aromatic rings. The molecule has 0 unspecified atom stereocenters. The molecule has 3 atom stereocenters. The number of benzene rings is 1. The monoisotopic (exact) mass is 299 g/mol. The van der Waals surface area contributed by atoms with E-state index in [4.69, 9.17) is 0 Å². The van der Waals surface area contributed by atoms with Crippen molar-refractivity contribution in [3.63, 3.8) is 0 Å². The Morgan fingerprint density at radius 2 is 1.64 bits per heavy atom. The van der Waals surface area contributed by atoms with Crippen molar-refractivity contribution >= 4 is 11.8 Å². The summed E-state index contributed by atoms with van der Waals surface area (Å²) < 4.78 is 0. The van der Waals surface area contributed by atoms with Gasteiger partial charge in [0.25, 0.3) is 0 Å². The van der Waals surface area contributed by atoms with E-state index in [1.54, 1.807) is 0 Å². The highest BCUT2D eigenvalue weighted by Crippen LogP contribution is 2.35. The number of allylic oxidation sites excluding steroid dienone is 2. The van der Waals surface area contributed by atoms with Crippen LogP contribution in [-0.2, 0) is 16.0 Å². The third-order valence-corrected chi connectivity index (χ3v) is 4.60. The Bertz CT molecular complexity index is 555. The van der Waals surface area contributed by atoms with Gasteiger partial charge in [0.2, 0.25) is 11.8 Å². The van der Waals surface area contributed by atoms with Crippen LogP contribution in [0.3, 0.4) is 0 Å². The molecule has 1 aliphatic carbocycles. The van der Waals surface area contributed by atoms with E-state index < -0.39 is 6.10 Å². The van der Waals surface area contributed by atoms with Crippen molar-refractivity contribution in [2.75, 3.05) is 6.54 Å². The van der Waals surface area contributed by atoms with Crippen molar-refractivity contribution in [1.29, 1.82) is 0 Å². The Balaban J connectivity index is 1.56. The van der Waals surface area contributed by atoms with Gasteiger partial charge in [-0.2, -0.15) is 0 Å². The van der Waals surface area contributed by atoms with Gasteiger partial charge in [0.05, 0.1) is 24.5 Å². The van der Waals surface area contributed by atoms with Crippen molar-refractivity contribution in [3.8, 4) is 0 Å². The van der Waals surface area contributed by atoms with Crippen molar-refractivity contribution in [2.45, 2.75) is 31.8 Å². The van der Waals surface area contributed by atoms with E-state index in [2.05, 4.69) is 0 Å². The summed E-state index contributed by atoms with van der Waals surface area (Å²) in [5.74, 6) is -0.645. The van der Waals surface area contributed by atoms with Crippen LogP contribution in [0.5, 0.6) is 0 Å². The third-order valence-electron chi connectivity index (χ3n) is 4.60. The first-order chi connectivity index (χ1) is 10.7. The first-order valence-corrected chi connectivity index (χ1v) is 7.89. The summed E-state index contributed by atoms with van der Waals surface area (Å²) in [6, 6.07) is 9.91. The highest BCUT2D eigenvalue weighted by Gasteiger charge is 2.47. The van der Waals surface area contributed by atoms with E-state index in [0.29, 0.717) is 19.3 Å². The standard InChI is InChI=1S/C18H21NO3/c20-14(11-10-13-6-2-1-3-7-13)12-19-17(21)15-8-4-5-9-16(15)18(19)22/h1-7,14-16,20H,8-12H2/t14-,15+,16+/m0/s1. The van der Waals surface area contributed by atoms with Gasteiger partial charge in [0.15, 0.2) is 0 Å². The van der Waals surface area contributed by atoms with E-state index in [9.17, 15) is 14.7 Å². The van der Waals surface area contributed by atoms with Gasteiger partial charge < -0.3 is 5.11 Å². The third kappa shape index (κ3) is 2.97. The quantitative estimate of drug-likeness (QED) is 0.667. The molecule has 0 bridgehead atoms. The number of nitrogens with zero attached hydrogens (tertiary/aromatic N) is 1. The Morgan fingerprint density at radius 1 is 1.05 bits per heavy atom. The fourth-order valence-electron chi connectivity index (χ4n) is 3.33. The van der Waals surface area contributed by atoms with Crippen molar-refractivity contribution < 1.29 is 14.7 Å². The van der Waals surface area contributed by atoms with Crippen molar-refractivity contribution in [3.05, 3.63) is 48.0 Å². The van der Waals surface area contributed by atoms with Gasteiger partial charge in [-0.3, -0.25) is 14.5 Å². The zero-order valence-corrected chi connectivity index (χ0v) is 12.5. The minimum atomic E-state index is -0.666.